The van der Waals surface area contributed by atoms with Gasteiger partial charge in [0, 0.05) is 44.2 Å². The van der Waals surface area contributed by atoms with Gasteiger partial charge in [0.25, 0.3) is 0 Å². The summed E-state index contributed by atoms with van der Waals surface area (Å²) in [5.41, 5.74) is 5.89. The van der Waals surface area contributed by atoms with Crippen molar-refractivity contribution in [1.29, 1.82) is 0 Å². The maximum absolute atomic E-state index is 12.3. The number of hydrogen-bond acceptors (Lipinski definition) is 8. The minimum atomic E-state index is -0.803. The smallest absolute Gasteiger partial charge is 0.303 e. The van der Waals surface area contributed by atoms with E-state index in [0.29, 0.717) is 38.0 Å². The highest BCUT2D eigenvalue weighted by atomic mass is 32.2. The zero-order chi connectivity index (χ0) is 32.3. The van der Waals surface area contributed by atoms with Crippen molar-refractivity contribution in [2.75, 3.05) is 5.75 Å². The Kier molecular flexibility index (Phi) is 12.0. The Morgan fingerprint density at radius 1 is 0.935 bits per heavy atom. The summed E-state index contributed by atoms with van der Waals surface area (Å²) in [6.45, 7) is 0.425. The standard InChI is InChI=1S/C35H40N4O6S/c1-39-23-37-38-35(39)46-22-30-19-31(27-12-10-24(21-40)11-13-27)45-34(44-30)28-16-14-26(15-17-28)29-7-5-6-25(18-29)20-36-32(41)8-3-2-4-9-33(42)43/h5-7,10-18,23,30-31,34,40H,2-4,8-9,19-22H2,1H3,(H,36,41)(H,42,43). The molecule has 2 heterocycles. The molecule has 0 saturated carbocycles. The van der Waals surface area contributed by atoms with E-state index in [-0.39, 0.29) is 31.1 Å². The number of benzene rings is 3. The van der Waals surface area contributed by atoms with Crippen LogP contribution in [0.2, 0.25) is 0 Å². The number of aliphatic hydroxyl groups is 1. The second-order valence-corrected chi connectivity index (χ2v) is 12.4. The lowest BCUT2D eigenvalue weighted by Gasteiger charge is -2.36. The predicted molar refractivity (Wildman–Crippen MR) is 175 cm³/mol. The number of unbranched alkanes of at least 4 members (excludes halogenated alkanes) is 2. The van der Waals surface area contributed by atoms with Gasteiger partial charge in [-0.15, -0.1) is 10.2 Å². The van der Waals surface area contributed by atoms with E-state index in [1.54, 1.807) is 18.1 Å². The molecule has 11 heteroatoms. The highest BCUT2D eigenvalue weighted by molar-refractivity contribution is 7.99. The highest BCUT2D eigenvalue weighted by Crippen LogP contribution is 2.39. The quantitative estimate of drug-likeness (QED) is 0.106. The van der Waals surface area contributed by atoms with Crippen LogP contribution in [0, 0.1) is 0 Å². The molecule has 1 aliphatic heterocycles. The first-order valence-corrected chi connectivity index (χ1v) is 16.5. The number of rotatable bonds is 15. The number of aromatic nitrogens is 3. The van der Waals surface area contributed by atoms with Crippen molar-refractivity contribution in [2.45, 2.75) is 75.3 Å². The van der Waals surface area contributed by atoms with E-state index in [1.165, 1.54) is 0 Å². The van der Waals surface area contributed by atoms with Crippen molar-refractivity contribution in [3.05, 3.63) is 101 Å². The number of nitrogens with one attached hydrogen (secondary N) is 1. The fourth-order valence-corrected chi connectivity index (χ4v) is 6.22. The maximum atomic E-state index is 12.3. The summed E-state index contributed by atoms with van der Waals surface area (Å²) in [4.78, 5) is 22.9. The average Bonchev–Trinajstić information content (AvgIpc) is 3.50. The molecule has 3 atom stereocenters. The second kappa shape index (κ2) is 16.5. The van der Waals surface area contributed by atoms with Gasteiger partial charge in [0.2, 0.25) is 5.91 Å². The SMILES string of the molecule is Cn1cnnc1SCC1CC(c2ccc(CO)cc2)OC(c2ccc(-c3cccc(CNC(=O)CCCCCC(=O)O)c3)cc2)O1. The third-order valence-electron chi connectivity index (χ3n) is 7.91. The number of carbonyl (C=O) groups excluding carboxylic acids is 1. The number of thioether (sulfide) groups is 1. The summed E-state index contributed by atoms with van der Waals surface area (Å²) in [6, 6.07) is 24.1. The molecule has 3 N–H and O–H groups in total. The van der Waals surface area contributed by atoms with Crippen molar-refractivity contribution in [2.24, 2.45) is 7.05 Å². The van der Waals surface area contributed by atoms with Gasteiger partial charge in [-0.25, -0.2) is 0 Å². The molecule has 0 bridgehead atoms. The van der Waals surface area contributed by atoms with E-state index < -0.39 is 12.3 Å². The second-order valence-electron chi connectivity index (χ2n) is 11.4. The minimum Gasteiger partial charge on any atom is -0.481 e. The van der Waals surface area contributed by atoms with Crippen LogP contribution in [-0.2, 0) is 39.3 Å². The van der Waals surface area contributed by atoms with Gasteiger partial charge in [-0.2, -0.15) is 0 Å². The summed E-state index contributed by atoms with van der Waals surface area (Å²) in [6.07, 6.45) is 4.08. The molecule has 46 heavy (non-hydrogen) atoms. The zero-order valence-corrected chi connectivity index (χ0v) is 26.7. The normalized spacial score (nSPS) is 17.9. The Hall–Kier alpha value is -4.03. The number of nitrogens with zero attached hydrogens (tertiary/aromatic N) is 3. The zero-order valence-electron chi connectivity index (χ0n) is 25.9. The summed E-state index contributed by atoms with van der Waals surface area (Å²) in [5.74, 6) is -0.138. The molecule has 4 aromatic rings. The topological polar surface area (TPSA) is 136 Å². The number of aliphatic hydroxyl groups excluding tert-OH is 1. The van der Waals surface area contributed by atoms with Crippen LogP contribution in [-0.4, -0.2) is 48.7 Å². The molecule has 1 fully saturated rings. The molecule has 0 aliphatic carbocycles. The first kappa shape index (κ1) is 33.3. The van der Waals surface area contributed by atoms with Crippen LogP contribution < -0.4 is 5.32 Å². The Balaban J connectivity index is 1.22. The molecule has 3 aromatic carbocycles. The molecule has 1 aromatic heterocycles. The van der Waals surface area contributed by atoms with Gasteiger partial charge in [0.15, 0.2) is 11.4 Å². The van der Waals surface area contributed by atoms with E-state index >= 15 is 0 Å². The molecule has 5 rings (SSSR count). The average molecular weight is 645 g/mol. The predicted octanol–water partition coefficient (Wildman–Crippen LogP) is 5.96. The first-order chi connectivity index (χ1) is 22.4. The summed E-state index contributed by atoms with van der Waals surface area (Å²) in [7, 11) is 1.92. The summed E-state index contributed by atoms with van der Waals surface area (Å²) < 4.78 is 14.9. The van der Waals surface area contributed by atoms with Crippen molar-refractivity contribution in [3.8, 4) is 11.1 Å². The molecule has 0 radical (unpaired) electrons. The van der Waals surface area contributed by atoms with E-state index in [9.17, 15) is 14.7 Å². The number of ether oxygens (including phenoxy) is 2. The van der Waals surface area contributed by atoms with Crippen LogP contribution in [0.5, 0.6) is 0 Å². The lowest BCUT2D eigenvalue weighted by atomic mass is 9.99. The van der Waals surface area contributed by atoms with E-state index in [1.807, 2.05) is 66.2 Å². The number of carboxylic acid groups (broad SMARTS) is 1. The van der Waals surface area contributed by atoms with Crippen molar-refractivity contribution >= 4 is 23.6 Å². The monoisotopic (exact) mass is 644 g/mol. The van der Waals surface area contributed by atoms with Crippen LogP contribution in [0.4, 0.5) is 0 Å². The van der Waals surface area contributed by atoms with E-state index in [4.69, 9.17) is 14.6 Å². The van der Waals surface area contributed by atoms with Gasteiger partial charge in [-0.1, -0.05) is 84.9 Å². The molecule has 1 saturated heterocycles. The van der Waals surface area contributed by atoms with Gasteiger partial charge >= 0.3 is 5.97 Å². The van der Waals surface area contributed by atoms with Gasteiger partial charge < -0.3 is 29.6 Å². The lowest BCUT2D eigenvalue weighted by Crippen LogP contribution is -2.31. The number of hydrogen-bond donors (Lipinski definition) is 3. The Morgan fingerprint density at radius 3 is 2.41 bits per heavy atom. The lowest BCUT2D eigenvalue weighted by molar-refractivity contribution is -0.245. The minimum absolute atomic E-state index is 0.00399. The van der Waals surface area contributed by atoms with Crippen molar-refractivity contribution in [1.82, 2.24) is 20.1 Å². The molecule has 3 unspecified atom stereocenters. The molecular formula is C35H40N4O6S. The molecule has 1 aliphatic rings. The van der Waals surface area contributed by atoms with E-state index in [2.05, 4.69) is 33.7 Å². The van der Waals surface area contributed by atoms with Crippen molar-refractivity contribution < 1.29 is 29.3 Å². The highest BCUT2D eigenvalue weighted by Gasteiger charge is 2.32. The van der Waals surface area contributed by atoms with Gasteiger partial charge in [0.1, 0.15) is 6.33 Å². The van der Waals surface area contributed by atoms with Crippen LogP contribution >= 0.6 is 11.8 Å². The van der Waals surface area contributed by atoms with Gasteiger partial charge in [-0.05, 0) is 46.7 Å². The molecule has 1 amide bonds. The van der Waals surface area contributed by atoms with Crippen LogP contribution in [0.3, 0.4) is 0 Å². The summed E-state index contributed by atoms with van der Waals surface area (Å²) >= 11 is 1.60. The van der Waals surface area contributed by atoms with Gasteiger partial charge in [-0.3, -0.25) is 9.59 Å². The Labute approximate surface area is 273 Å². The van der Waals surface area contributed by atoms with E-state index in [0.717, 1.165) is 45.0 Å². The fourth-order valence-electron chi connectivity index (χ4n) is 5.31. The number of carboxylic acids is 1. The number of carbonyl (C=O) groups is 2. The van der Waals surface area contributed by atoms with Crippen LogP contribution in [0.1, 0.15) is 73.2 Å². The van der Waals surface area contributed by atoms with Crippen molar-refractivity contribution in [3.63, 3.8) is 0 Å². The van der Waals surface area contributed by atoms with Crippen LogP contribution in [0.15, 0.2) is 84.3 Å². The van der Waals surface area contributed by atoms with Gasteiger partial charge in [0.05, 0.1) is 18.8 Å². The Morgan fingerprint density at radius 2 is 1.70 bits per heavy atom. The number of amides is 1. The molecule has 10 nitrogen and oxygen atoms in total. The van der Waals surface area contributed by atoms with Crippen LogP contribution in [0.25, 0.3) is 11.1 Å². The number of aryl methyl sites for hydroxylation is 1. The third-order valence-corrected chi connectivity index (χ3v) is 9.08. The maximum Gasteiger partial charge on any atom is 0.303 e. The molecular weight excluding hydrogens is 604 g/mol. The number of aliphatic carboxylic acids is 1. The summed E-state index contributed by atoms with van der Waals surface area (Å²) in [5, 5.41) is 30.2. The largest absolute Gasteiger partial charge is 0.481 e. The molecule has 0 spiro atoms. The molecule has 242 valence electrons. The third kappa shape index (κ3) is 9.49. The Bertz CT molecular complexity index is 1580. The fraction of sp³-hybridized carbons (Fsp3) is 0.371. The first-order valence-electron chi connectivity index (χ1n) is 15.5.